The van der Waals surface area contributed by atoms with Crippen LogP contribution in [0.4, 0.5) is 0 Å². The van der Waals surface area contributed by atoms with E-state index in [9.17, 15) is 24.3 Å². The van der Waals surface area contributed by atoms with Gasteiger partial charge in [0, 0.05) is 4.75 Å². The maximum atomic E-state index is 12.3. The Morgan fingerprint density at radius 2 is 1.93 bits per heavy atom. The van der Waals surface area contributed by atoms with Crippen molar-refractivity contribution in [1.82, 2.24) is 10.2 Å². The number of fused-ring (bicyclic) bond motifs is 1. The van der Waals surface area contributed by atoms with Crippen LogP contribution >= 0.6 is 11.8 Å². The van der Waals surface area contributed by atoms with Crippen LogP contribution in [0.25, 0.3) is 0 Å². The summed E-state index contributed by atoms with van der Waals surface area (Å²) in [6, 6.07) is 4.26. The fourth-order valence-corrected chi connectivity index (χ4v) is 5.03. The van der Waals surface area contributed by atoms with Crippen molar-refractivity contribution in [3.05, 3.63) is 35.4 Å². The van der Waals surface area contributed by atoms with Gasteiger partial charge in [-0.3, -0.25) is 9.59 Å². The topological polar surface area (TPSA) is 127 Å². The molecule has 27 heavy (non-hydrogen) atoms. The van der Waals surface area contributed by atoms with Crippen molar-refractivity contribution in [1.29, 1.82) is 0 Å². The van der Waals surface area contributed by atoms with Gasteiger partial charge in [-0.05, 0) is 25.5 Å². The second kappa shape index (κ2) is 7.83. The van der Waals surface area contributed by atoms with Crippen molar-refractivity contribution in [2.75, 3.05) is 0 Å². The number of carbonyl (C=O) groups excluding carboxylic acids is 3. The van der Waals surface area contributed by atoms with E-state index in [0.29, 0.717) is 5.56 Å². The number of thioether (sulfide) groups is 1. The third kappa shape index (κ3) is 3.87. The first-order valence-corrected chi connectivity index (χ1v) is 8.83. The van der Waals surface area contributed by atoms with Gasteiger partial charge in [-0.1, -0.05) is 18.2 Å². The molecule has 2 amide bonds. The monoisotopic (exact) mass is 400 g/mol. The number of nitrogens with zero attached hydrogens (tertiary/aromatic N) is 1. The molecule has 0 aromatic heterocycles. The summed E-state index contributed by atoms with van der Waals surface area (Å²) in [5.74, 6) is -3.42. The van der Waals surface area contributed by atoms with E-state index < -0.39 is 46.0 Å². The average Bonchev–Trinajstić information content (AvgIpc) is 2.81. The molecule has 3 rings (SSSR count). The maximum Gasteiger partial charge on any atom is 1.00 e. The normalized spacial score (nSPS) is 25.0. The minimum atomic E-state index is -1.32. The van der Waals surface area contributed by atoms with Gasteiger partial charge in [-0.15, -0.1) is 11.8 Å². The van der Waals surface area contributed by atoms with E-state index in [2.05, 4.69) is 5.32 Å². The quantitative estimate of drug-likeness (QED) is 0.384. The summed E-state index contributed by atoms with van der Waals surface area (Å²) in [6.07, 6.45) is -0.184. The molecule has 2 aliphatic heterocycles. The fourth-order valence-electron chi connectivity index (χ4n) is 3.41. The number of hydrogen-bond acceptors (Lipinski definition) is 6. The molecule has 2 fully saturated rings. The van der Waals surface area contributed by atoms with Crippen LogP contribution in [0.3, 0.4) is 0 Å². The fraction of sp³-hybridized carbons (Fsp3) is 0.412. The average molecular weight is 400 g/mol. The van der Waals surface area contributed by atoms with Crippen molar-refractivity contribution in [2.45, 2.75) is 42.5 Å². The summed E-state index contributed by atoms with van der Waals surface area (Å²) in [7, 11) is 0. The van der Waals surface area contributed by atoms with Crippen molar-refractivity contribution in [2.24, 2.45) is 0 Å². The number of aromatic carboxylic acids is 1. The zero-order valence-electron chi connectivity index (χ0n) is 15.1. The summed E-state index contributed by atoms with van der Waals surface area (Å²) in [6.45, 7) is 3.43. The molecule has 3 atom stereocenters. The van der Waals surface area contributed by atoms with Crippen molar-refractivity contribution < 1.29 is 58.9 Å². The Morgan fingerprint density at radius 1 is 1.30 bits per heavy atom. The molecule has 0 saturated carbocycles. The van der Waals surface area contributed by atoms with Crippen LogP contribution in [0.15, 0.2) is 24.3 Å². The first-order valence-electron chi connectivity index (χ1n) is 7.95. The Kier molecular flexibility index (Phi) is 6.30. The molecule has 138 valence electrons. The smallest absolute Gasteiger partial charge is 0.548 e. The van der Waals surface area contributed by atoms with Gasteiger partial charge in [0.2, 0.25) is 11.8 Å². The summed E-state index contributed by atoms with van der Waals surface area (Å²) in [5, 5.41) is 22.6. The molecule has 0 spiro atoms. The Hall–Kier alpha value is -1.55. The molecular weight excluding hydrogens is 383 g/mol. The zero-order chi connectivity index (χ0) is 19.2. The number of benzene rings is 1. The van der Waals surface area contributed by atoms with Gasteiger partial charge in [0.15, 0.2) is 0 Å². The molecule has 0 radical (unpaired) electrons. The third-order valence-corrected chi connectivity index (χ3v) is 6.15. The molecule has 2 aliphatic rings. The molecule has 2 heterocycles. The second-order valence-electron chi connectivity index (χ2n) is 6.76. The van der Waals surface area contributed by atoms with Gasteiger partial charge >= 0.3 is 35.5 Å². The van der Waals surface area contributed by atoms with Crippen LogP contribution in [-0.4, -0.2) is 56.0 Å². The zero-order valence-corrected chi connectivity index (χ0v) is 17.9. The summed E-state index contributed by atoms with van der Waals surface area (Å²) in [5.41, 5.74) is 0.366. The van der Waals surface area contributed by atoms with Gasteiger partial charge in [0.1, 0.15) is 11.4 Å². The number of amides is 2. The molecule has 2 unspecified atom stereocenters. The minimum Gasteiger partial charge on any atom is -0.548 e. The number of rotatable bonds is 5. The second-order valence-corrected chi connectivity index (χ2v) is 8.53. The van der Waals surface area contributed by atoms with E-state index in [1.54, 1.807) is 26.0 Å². The summed E-state index contributed by atoms with van der Waals surface area (Å²) >= 11 is 1.30. The minimum absolute atomic E-state index is 0. The molecule has 2 N–H and O–H groups in total. The number of carbonyl (C=O) groups is 4. The maximum absolute atomic E-state index is 12.3. The number of aliphatic carboxylic acids is 1. The van der Waals surface area contributed by atoms with Gasteiger partial charge in [0.05, 0.1) is 24.0 Å². The van der Waals surface area contributed by atoms with E-state index in [1.165, 1.54) is 28.8 Å². The van der Waals surface area contributed by atoms with Crippen LogP contribution in [0.5, 0.6) is 0 Å². The first kappa shape index (κ1) is 21.7. The number of β-lactam (4-membered cyclic amide) rings is 1. The Bertz CT molecular complexity index is 814. The number of carboxylic acid groups (broad SMARTS) is 2. The Morgan fingerprint density at radius 3 is 2.52 bits per heavy atom. The predicted molar refractivity (Wildman–Crippen MR) is 90.1 cm³/mol. The molecular formula is C17H17N2NaO6S. The van der Waals surface area contributed by atoms with Crippen LogP contribution in [-0.2, 0) is 20.8 Å². The number of hydrogen-bond donors (Lipinski definition) is 2. The van der Waals surface area contributed by atoms with Crippen LogP contribution in [0.1, 0.15) is 29.8 Å². The predicted octanol–water partition coefficient (Wildman–Crippen LogP) is -3.77. The molecule has 8 nitrogen and oxygen atoms in total. The van der Waals surface area contributed by atoms with E-state index >= 15 is 0 Å². The molecule has 10 heteroatoms. The molecule has 2 saturated heterocycles. The molecule has 1 aromatic carbocycles. The van der Waals surface area contributed by atoms with Crippen molar-refractivity contribution >= 4 is 35.5 Å². The van der Waals surface area contributed by atoms with E-state index in [0.717, 1.165) is 0 Å². The van der Waals surface area contributed by atoms with Gasteiger partial charge in [-0.25, -0.2) is 4.79 Å². The van der Waals surface area contributed by atoms with Gasteiger partial charge < -0.3 is 25.2 Å². The molecule has 1 aromatic rings. The largest absolute Gasteiger partial charge is 1.00 e. The Balaban J connectivity index is 0.00000261. The summed E-state index contributed by atoms with van der Waals surface area (Å²) in [4.78, 5) is 48.4. The van der Waals surface area contributed by atoms with Crippen molar-refractivity contribution in [3.63, 3.8) is 0 Å². The number of carboxylic acids is 2. The molecule has 0 aliphatic carbocycles. The van der Waals surface area contributed by atoms with Crippen LogP contribution in [0.2, 0.25) is 0 Å². The van der Waals surface area contributed by atoms with Crippen molar-refractivity contribution in [3.8, 4) is 0 Å². The van der Waals surface area contributed by atoms with E-state index in [-0.39, 0.29) is 41.5 Å². The van der Waals surface area contributed by atoms with E-state index in [1.807, 2.05) is 0 Å². The van der Waals surface area contributed by atoms with Gasteiger partial charge in [-0.2, -0.15) is 0 Å². The van der Waals surface area contributed by atoms with Gasteiger partial charge in [0.25, 0.3) is 0 Å². The first-order chi connectivity index (χ1) is 12.1. The SMILES string of the molecule is CC1(C)S[C@@H]2C(NC(=O)Cc3ccccc3C(=O)O)C(=O)N2C1C(=O)[O-].[Na+]. The van der Waals surface area contributed by atoms with E-state index in [4.69, 9.17) is 5.11 Å². The van der Waals surface area contributed by atoms with Crippen LogP contribution < -0.4 is 40.0 Å². The Labute approximate surface area is 182 Å². The third-order valence-electron chi connectivity index (χ3n) is 4.58. The van der Waals surface area contributed by atoms with Crippen LogP contribution in [0, 0.1) is 0 Å². The summed E-state index contributed by atoms with van der Waals surface area (Å²) < 4.78 is -0.728. The molecule has 0 bridgehead atoms. The number of nitrogens with one attached hydrogen (secondary N) is 1. The standard InChI is InChI=1S/C17H18N2O6S.Na/c1-17(2)12(16(24)25)19-13(21)11(14(19)26-17)18-10(20)7-8-5-3-4-6-9(8)15(22)23;/h3-6,11-12,14H,7H2,1-2H3,(H,18,20)(H,22,23)(H,24,25);/q;+1/p-1/t11?,12?,14-;/m1./s1.